The molecular weight excluding hydrogens is 538 g/mol. The normalized spacial score (nSPS) is 24.9. The Kier molecular flexibility index (Phi) is 9.11. The molecule has 0 aromatic carbocycles. The first-order valence-corrected chi connectivity index (χ1v) is 13.5. The van der Waals surface area contributed by atoms with Crippen molar-refractivity contribution in [2.75, 3.05) is 18.7 Å². The summed E-state index contributed by atoms with van der Waals surface area (Å²) in [6.45, 7) is 3.74. The van der Waals surface area contributed by atoms with Gasteiger partial charge in [0.1, 0.15) is 30.1 Å². The molecular formula is C27H35N5O9. The third kappa shape index (κ3) is 6.42. The van der Waals surface area contributed by atoms with Crippen LogP contribution in [0.4, 0.5) is 10.6 Å². The third-order valence-electron chi connectivity index (χ3n) is 7.27. The summed E-state index contributed by atoms with van der Waals surface area (Å²) in [4.78, 5) is 40.9. The van der Waals surface area contributed by atoms with Crippen molar-refractivity contribution < 1.29 is 43.5 Å². The molecule has 1 aliphatic carbocycles. The number of anilines is 1. The van der Waals surface area contributed by atoms with Gasteiger partial charge in [0.2, 0.25) is 12.4 Å². The van der Waals surface area contributed by atoms with Gasteiger partial charge in [0, 0.05) is 6.42 Å². The second-order valence-corrected chi connectivity index (χ2v) is 11.3. The van der Waals surface area contributed by atoms with Gasteiger partial charge in [-0.15, -0.1) is 0 Å². The van der Waals surface area contributed by atoms with E-state index in [4.69, 9.17) is 18.9 Å². The molecule has 4 atom stereocenters. The molecule has 1 saturated carbocycles. The molecule has 2 aromatic heterocycles. The number of esters is 2. The number of nitrogens with one attached hydrogen (secondary N) is 1. The van der Waals surface area contributed by atoms with Crippen molar-refractivity contribution in [2.45, 2.75) is 83.2 Å². The number of carbonyl (C=O) groups is 3. The summed E-state index contributed by atoms with van der Waals surface area (Å²) in [7, 11) is 0. The highest BCUT2D eigenvalue weighted by Crippen LogP contribution is 2.42. The fourth-order valence-electron chi connectivity index (χ4n) is 5.08. The van der Waals surface area contributed by atoms with Crippen molar-refractivity contribution in [3.8, 4) is 6.07 Å². The van der Waals surface area contributed by atoms with Crippen LogP contribution in [-0.2, 0) is 34.1 Å². The molecule has 14 heteroatoms. The molecule has 41 heavy (non-hydrogen) atoms. The number of rotatable bonds is 8. The van der Waals surface area contributed by atoms with Gasteiger partial charge in [-0.1, -0.05) is 19.3 Å². The molecule has 3 N–H and O–H groups in total. The average molecular weight is 574 g/mol. The summed E-state index contributed by atoms with van der Waals surface area (Å²) in [5.74, 6) is -0.897. The lowest BCUT2D eigenvalue weighted by atomic mass is 9.87. The number of aromatic nitrogens is 3. The van der Waals surface area contributed by atoms with Gasteiger partial charge in [-0.05, 0) is 51.7 Å². The Labute approximate surface area is 236 Å². The number of nitrogens with zero attached hydrogens (tertiary/aromatic N) is 4. The summed E-state index contributed by atoms with van der Waals surface area (Å²) in [6.07, 6.45) is 1.27. The summed E-state index contributed by atoms with van der Waals surface area (Å²) >= 11 is 0. The van der Waals surface area contributed by atoms with Crippen LogP contribution in [0.25, 0.3) is 5.52 Å². The predicted octanol–water partition coefficient (Wildman–Crippen LogP) is 2.18. The summed E-state index contributed by atoms with van der Waals surface area (Å²) in [5.41, 5.74) is -2.56. The lowest BCUT2D eigenvalue weighted by molar-refractivity contribution is -0.161. The Bertz CT molecular complexity index is 1310. The van der Waals surface area contributed by atoms with Gasteiger partial charge >= 0.3 is 18.0 Å². The second-order valence-electron chi connectivity index (χ2n) is 11.3. The largest absolute Gasteiger partial charge is 0.457 e. The molecule has 1 saturated heterocycles. The lowest BCUT2D eigenvalue weighted by Crippen LogP contribution is -2.43. The number of aliphatic hydroxyl groups excluding tert-OH is 2. The molecule has 1 unspecified atom stereocenters. The van der Waals surface area contributed by atoms with Crippen LogP contribution < -0.4 is 5.32 Å². The molecule has 0 spiro atoms. The third-order valence-corrected chi connectivity index (χ3v) is 7.27. The summed E-state index contributed by atoms with van der Waals surface area (Å²) < 4.78 is 22.5. The van der Waals surface area contributed by atoms with E-state index in [1.165, 1.54) is 16.6 Å². The van der Waals surface area contributed by atoms with Crippen LogP contribution in [0.3, 0.4) is 0 Å². The molecule has 1 amide bonds. The van der Waals surface area contributed by atoms with Crippen LogP contribution in [0.2, 0.25) is 0 Å². The van der Waals surface area contributed by atoms with Gasteiger partial charge in [-0.2, -0.15) is 10.4 Å². The number of hydrogen-bond acceptors (Lipinski definition) is 12. The van der Waals surface area contributed by atoms with Crippen LogP contribution in [-0.4, -0.2) is 74.6 Å². The molecule has 0 bridgehead atoms. The van der Waals surface area contributed by atoms with E-state index in [1.807, 2.05) is 6.07 Å². The second kappa shape index (κ2) is 12.4. The van der Waals surface area contributed by atoms with Gasteiger partial charge in [-0.25, -0.2) is 14.3 Å². The molecule has 0 radical (unpaired) electrons. The number of carbonyl (C=O) groups excluding carboxylic acids is 3. The number of ether oxygens (including phenoxy) is 4. The average Bonchev–Trinajstić information content (AvgIpc) is 3.49. The predicted molar refractivity (Wildman–Crippen MR) is 140 cm³/mol. The van der Waals surface area contributed by atoms with Crippen molar-refractivity contribution in [1.82, 2.24) is 14.6 Å². The molecule has 3 heterocycles. The van der Waals surface area contributed by atoms with Crippen LogP contribution in [0.1, 0.15) is 65.0 Å². The Morgan fingerprint density at radius 2 is 1.95 bits per heavy atom. The quantitative estimate of drug-likeness (QED) is 0.308. The highest BCUT2D eigenvalue weighted by Gasteiger charge is 2.59. The SMILES string of the molecule is CC(C)(C)C(=O)OCOC(=O)Nc1ncnn2c([C@]3(C#N)O[C@H](CO)C(OC(=O)CC4CCCCC4)[C@H]3O)ccc12. The van der Waals surface area contributed by atoms with Crippen molar-refractivity contribution in [3.05, 3.63) is 24.2 Å². The zero-order valence-corrected chi connectivity index (χ0v) is 23.2. The summed E-state index contributed by atoms with van der Waals surface area (Å²) in [6, 6.07) is 4.89. The molecule has 222 valence electrons. The number of aliphatic hydroxyl groups is 2. The monoisotopic (exact) mass is 573 g/mol. The highest BCUT2D eigenvalue weighted by atomic mass is 16.7. The van der Waals surface area contributed by atoms with E-state index in [0.29, 0.717) is 0 Å². The Hall–Kier alpha value is -3.80. The Morgan fingerprint density at radius 3 is 2.61 bits per heavy atom. The minimum atomic E-state index is -2.07. The maximum atomic E-state index is 12.7. The van der Waals surface area contributed by atoms with Crippen LogP contribution in [0.15, 0.2) is 18.5 Å². The number of hydrogen-bond donors (Lipinski definition) is 3. The van der Waals surface area contributed by atoms with Crippen LogP contribution in [0.5, 0.6) is 0 Å². The van der Waals surface area contributed by atoms with E-state index in [1.54, 1.807) is 20.8 Å². The van der Waals surface area contributed by atoms with E-state index in [9.17, 15) is 29.9 Å². The van der Waals surface area contributed by atoms with Gasteiger partial charge in [-0.3, -0.25) is 14.9 Å². The molecule has 2 fully saturated rings. The van der Waals surface area contributed by atoms with E-state index in [-0.39, 0.29) is 29.4 Å². The fraction of sp³-hybridized carbons (Fsp3) is 0.630. The number of amides is 1. The summed E-state index contributed by atoms with van der Waals surface area (Å²) in [5, 5.41) is 38.0. The van der Waals surface area contributed by atoms with E-state index < -0.39 is 60.8 Å². The molecule has 2 aromatic rings. The standard InChI is InChI=1S/C27H35N5O9/c1-26(2,3)24(36)38-15-39-25(37)31-23-17-9-10-19(32(17)30-14-29-23)27(13-28)22(35)21(18(12-33)41-27)40-20(34)11-16-7-5-4-6-8-16/h9-10,14,16,18,21-22,33,35H,4-8,11-12,15H2,1-3H3,(H,29,30,31,37)/t18-,21?,22-,27+/m1/s1. The maximum absolute atomic E-state index is 12.7. The lowest BCUT2D eigenvalue weighted by Gasteiger charge is -2.25. The molecule has 2 aliphatic rings. The van der Waals surface area contributed by atoms with Crippen LogP contribution in [0, 0.1) is 22.7 Å². The first kappa shape index (κ1) is 30.2. The van der Waals surface area contributed by atoms with Gasteiger partial charge in [0.05, 0.1) is 17.7 Å². The smallest absolute Gasteiger partial charge is 0.415 e. The Balaban J connectivity index is 1.50. The fourth-order valence-corrected chi connectivity index (χ4v) is 5.08. The zero-order valence-electron chi connectivity index (χ0n) is 23.2. The first-order valence-electron chi connectivity index (χ1n) is 13.5. The zero-order chi connectivity index (χ0) is 29.8. The van der Waals surface area contributed by atoms with Gasteiger partial charge in [0.15, 0.2) is 11.9 Å². The van der Waals surface area contributed by atoms with Crippen molar-refractivity contribution >= 4 is 29.4 Å². The van der Waals surface area contributed by atoms with Crippen molar-refractivity contribution in [2.24, 2.45) is 11.3 Å². The van der Waals surface area contributed by atoms with Gasteiger partial charge < -0.3 is 29.2 Å². The number of fused-ring (bicyclic) bond motifs is 1. The topological polar surface area (TPSA) is 195 Å². The molecule has 14 nitrogen and oxygen atoms in total. The van der Waals surface area contributed by atoms with Crippen molar-refractivity contribution in [1.29, 1.82) is 5.26 Å². The Morgan fingerprint density at radius 1 is 1.22 bits per heavy atom. The van der Waals surface area contributed by atoms with Crippen molar-refractivity contribution in [3.63, 3.8) is 0 Å². The van der Waals surface area contributed by atoms with Crippen LogP contribution >= 0.6 is 0 Å². The van der Waals surface area contributed by atoms with E-state index in [0.717, 1.165) is 38.4 Å². The molecule has 1 aliphatic heterocycles. The minimum Gasteiger partial charge on any atom is -0.457 e. The maximum Gasteiger partial charge on any atom is 0.415 e. The van der Waals surface area contributed by atoms with E-state index in [2.05, 4.69) is 15.4 Å². The molecule has 4 rings (SSSR count). The van der Waals surface area contributed by atoms with Gasteiger partial charge in [0.25, 0.3) is 0 Å². The minimum absolute atomic E-state index is 0.00635. The highest BCUT2D eigenvalue weighted by molar-refractivity contribution is 5.88. The first-order chi connectivity index (χ1) is 19.5. The number of nitriles is 1. The van der Waals surface area contributed by atoms with E-state index >= 15 is 0 Å².